The molecule has 0 spiro atoms. The minimum atomic E-state index is -0.0693. The van der Waals surface area contributed by atoms with Gasteiger partial charge >= 0.3 is 0 Å². The van der Waals surface area contributed by atoms with E-state index in [-0.39, 0.29) is 5.60 Å². The van der Waals surface area contributed by atoms with Crippen molar-refractivity contribution in [3.63, 3.8) is 0 Å². The van der Waals surface area contributed by atoms with E-state index in [1.807, 2.05) is 13.0 Å². The molecule has 0 atom stereocenters. The van der Waals surface area contributed by atoms with Crippen LogP contribution in [-0.2, 0) is 14.3 Å². The van der Waals surface area contributed by atoms with E-state index in [2.05, 4.69) is 39.1 Å². The molecule has 0 rings (SSSR count). The van der Waals surface area contributed by atoms with Gasteiger partial charge in [0.25, 0.3) is 0 Å². The zero-order valence-electron chi connectivity index (χ0n) is 14.6. The molecule has 22 heavy (non-hydrogen) atoms. The Morgan fingerprint density at radius 2 is 2.00 bits per heavy atom. The Hall–Kier alpha value is -1.55. The topological polar surface area (TPSA) is 40.0 Å². The molecule has 126 valence electrons. The maximum Gasteiger partial charge on any atom is 0.230 e. The summed E-state index contributed by atoms with van der Waals surface area (Å²) in [5.41, 5.74) is -0.0693. The van der Waals surface area contributed by atoms with Crippen LogP contribution >= 0.6 is 0 Å². The van der Waals surface area contributed by atoms with E-state index >= 15 is 0 Å². The average molecular weight is 309 g/mol. The molecule has 0 amide bonds. The summed E-state index contributed by atoms with van der Waals surface area (Å²) in [4.78, 5) is 5.14. The van der Waals surface area contributed by atoms with E-state index in [0.717, 1.165) is 19.3 Å². The molecule has 0 unspecified atom stereocenters. The lowest BCUT2D eigenvalue weighted by Crippen LogP contribution is -2.25. The van der Waals surface area contributed by atoms with Crippen LogP contribution in [0.2, 0.25) is 0 Å². The summed E-state index contributed by atoms with van der Waals surface area (Å²) in [5.74, 6) is 0.964. The Morgan fingerprint density at radius 1 is 1.27 bits per heavy atom. The molecule has 0 aliphatic rings. The van der Waals surface area contributed by atoms with Crippen LogP contribution < -0.4 is 0 Å². The minimum Gasteiger partial charge on any atom is -0.478 e. The second-order valence-electron chi connectivity index (χ2n) is 5.60. The van der Waals surface area contributed by atoms with Crippen molar-refractivity contribution in [1.82, 2.24) is 0 Å². The highest BCUT2D eigenvalue weighted by Gasteiger charge is 2.16. The molecule has 0 radical (unpaired) electrons. The Kier molecular flexibility index (Phi) is 11.2. The van der Waals surface area contributed by atoms with Gasteiger partial charge in [0.2, 0.25) is 5.90 Å². The first-order valence-corrected chi connectivity index (χ1v) is 7.88. The fraction of sp³-hybridized carbons (Fsp3) is 0.611. The van der Waals surface area contributed by atoms with Crippen molar-refractivity contribution in [2.24, 2.45) is 5.16 Å². The van der Waals surface area contributed by atoms with Crippen LogP contribution in [0.25, 0.3) is 0 Å². The Bertz CT molecular complexity index is 384. The summed E-state index contributed by atoms with van der Waals surface area (Å²) >= 11 is 0. The molecule has 0 bridgehead atoms. The van der Waals surface area contributed by atoms with Crippen LogP contribution in [-0.4, -0.2) is 24.7 Å². The number of nitrogens with zero attached hydrogens (tertiary/aromatic N) is 1. The third-order valence-corrected chi connectivity index (χ3v) is 2.84. The van der Waals surface area contributed by atoms with E-state index in [9.17, 15) is 0 Å². The summed E-state index contributed by atoms with van der Waals surface area (Å²) in [6.07, 6.45) is 8.79. The Balaban J connectivity index is 4.08. The number of hydrogen-bond acceptors (Lipinski definition) is 4. The van der Waals surface area contributed by atoms with Gasteiger partial charge in [-0.1, -0.05) is 32.1 Å². The smallest absolute Gasteiger partial charge is 0.230 e. The molecule has 0 aromatic rings. The van der Waals surface area contributed by atoms with E-state index < -0.39 is 0 Å². The summed E-state index contributed by atoms with van der Waals surface area (Å²) in [5, 5.41) is 3.94. The minimum absolute atomic E-state index is 0.0693. The largest absolute Gasteiger partial charge is 0.478 e. The molecule has 0 saturated heterocycles. The highest BCUT2D eigenvalue weighted by Crippen LogP contribution is 2.16. The van der Waals surface area contributed by atoms with E-state index in [1.54, 1.807) is 12.2 Å². The predicted molar refractivity (Wildman–Crippen MR) is 92.8 cm³/mol. The van der Waals surface area contributed by atoms with E-state index in [4.69, 9.17) is 14.3 Å². The third kappa shape index (κ3) is 11.1. The van der Waals surface area contributed by atoms with Crippen molar-refractivity contribution < 1.29 is 14.3 Å². The maximum absolute atomic E-state index is 5.85. The number of rotatable bonds is 12. The van der Waals surface area contributed by atoms with E-state index in [0.29, 0.717) is 31.3 Å². The summed E-state index contributed by atoms with van der Waals surface area (Å²) < 4.78 is 11.4. The van der Waals surface area contributed by atoms with Crippen molar-refractivity contribution in [1.29, 1.82) is 0 Å². The van der Waals surface area contributed by atoms with Gasteiger partial charge in [0, 0.05) is 12.8 Å². The normalized spacial score (nSPS) is 12.5. The number of oxime groups is 1. The second-order valence-corrected chi connectivity index (χ2v) is 5.60. The number of ether oxygens (including phenoxy) is 2. The van der Waals surface area contributed by atoms with Crippen molar-refractivity contribution in [2.75, 3.05) is 13.2 Å². The van der Waals surface area contributed by atoms with E-state index in [1.165, 1.54) is 0 Å². The predicted octanol–water partition coefficient (Wildman–Crippen LogP) is 4.98. The fourth-order valence-electron chi connectivity index (χ4n) is 1.84. The van der Waals surface area contributed by atoms with Crippen LogP contribution in [0.5, 0.6) is 0 Å². The van der Waals surface area contributed by atoms with Crippen LogP contribution in [0.15, 0.2) is 42.3 Å². The Morgan fingerprint density at radius 3 is 2.59 bits per heavy atom. The Labute approximate surface area is 135 Å². The molecule has 0 fully saturated rings. The number of allylic oxidation sites excluding steroid dienone is 2. The first kappa shape index (κ1) is 20.5. The standard InChI is InChI=1S/C18H31NO3/c1-7-11-16(4)22-19-17(12-8-2)20-14-10-15-21-18(5,6)13-9-3/h7-8,11H,2,4,9-10,12-15H2,1,3,5-6H3/b11-7-,19-17+. The van der Waals surface area contributed by atoms with Gasteiger partial charge < -0.3 is 14.3 Å². The molecular formula is C18H31NO3. The van der Waals surface area contributed by atoms with Crippen LogP contribution in [0.1, 0.15) is 53.4 Å². The molecule has 0 aliphatic heterocycles. The zero-order chi connectivity index (χ0) is 16.8. The fourth-order valence-corrected chi connectivity index (χ4v) is 1.84. The van der Waals surface area contributed by atoms with Gasteiger partial charge in [-0.2, -0.15) is 0 Å². The first-order chi connectivity index (χ1) is 10.4. The molecule has 0 N–H and O–H groups in total. The van der Waals surface area contributed by atoms with Crippen LogP contribution in [0.4, 0.5) is 0 Å². The lowest BCUT2D eigenvalue weighted by molar-refractivity contribution is -0.0284. The lowest BCUT2D eigenvalue weighted by atomic mass is 10.0. The molecular weight excluding hydrogens is 278 g/mol. The van der Waals surface area contributed by atoms with Gasteiger partial charge in [-0.05, 0) is 38.4 Å². The summed E-state index contributed by atoms with van der Waals surface area (Å²) in [6.45, 7) is 16.9. The van der Waals surface area contributed by atoms with Gasteiger partial charge in [0.05, 0.1) is 18.8 Å². The van der Waals surface area contributed by atoms with Crippen LogP contribution in [0.3, 0.4) is 0 Å². The molecule has 4 nitrogen and oxygen atoms in total. The third-order valence-electron chi connectivity index (χ3n) is 2.84. The monoisotopic (exact) mass is 309 g/mol. The first-order valence-electron chi connectivity index (χ1n) is 7.88. The average Bonchev–Trinajstić information content (AvgIpc) is 2.44. The molecule has 0 aromatic carbocycles. The van der Waals surface area contributed by atoms with Gasteiger partial charge in [0.1, 0.15) is 0 Å². The van der Waals surface area contributed by atoms with Gasteiger partial charge in [-0.25, -0.2) is 0 Å². The van der Waals surface area contributed by atoms with Crippen molar-refractivity contribution in [2.45, 2.75) is 59.0 Å². The maximum atomic E-state index is 5.85. The quantitative estimate of drug-likeness (QED) is 0.0970. The molecule has 0 aliphatic carbocycles. The molecule has 0 saturated carbocycles. The highest BCUT2D eigenvalue weighted by atomic mass is 16.7. The second kappa shape index (κ2) is 12.0. The highest BCUT2D eigenvalue weighted by molar-refractivity contribution is 5.76. The summed E-state index contributed by atoms with van der Waals surface area (Å²) in [6, 6.07) is 0. The molecule has 0 heterocycles. The molecule has 0 aromatic heterocycles. The lowest BCUT2D eigenvalue weighted by Gasteiger charge is -2.24. The zero-order valence-corrected chi connectivity index (χ0v) is 14.6. The van der Waals surface area contributed by atoms with Crippen molar-refractivity contribution in [3.8, 4) is 0 Å². The summed E-state index contributed by atoms with van der Waals surface area (Å²) in [7, 11) is 0. The van der Waals surface area contributed by atoms with Gasteiger partial charge in [0.15, 0.2) is 5.76 Å². The van der Waals surface area contributed by atoms with Crippen molar-refractivity contribution >= 4 is 5.90 Å². The number of hydrogen-bond donors (Lipinski definition) is 0. The van der Waals surface area contributed by atoms with Gasteiger partial charge in [-0.3, -0.25) is 0 Å². The molecule has 4 heteroatoms. The van der Waals surface area contributed by atoms with Gasteiger partial charge in [-0.15, -0.1) is 6.58 Å². The SMILES string of the molecule is C=CC/C(=N\OC(=C)/C=C\C)OCCCOC(C)(C)CCC. The van der Waals surface area contributed by atoms with Crippen molar-refractivity contribution in [3.05, 3.63) is 37.1 Å². The van der Waals surface area contributed by atoms with Crippen LogP contribution in [0, 0.1) is 0 Å².